The molecule has 104 valence electrons. The Hall–Kier alpha value is -1.99. The number of carbonyl (C=O) groups is 2. The number of nitrogens with zero attached hydrogens (tertiary/aromatic N) is 2. The highest BCUT2D eigenvalue weighted by Crippen LogP contribution is 2.18. The number of rotatable bonds is 4. The van der Waals surface area contributed by atoms with E-state index in [1.807, 2.05) is 6.07 Å². The van der Waals surface area contributed by atoms with Crippen LogP contribution in [0.1, 0.15) is 21.4 Å². The van der Waals surface area contributed by atoms with Gasteiger partial charge in [0.2, 0.25) is 9.47 Å². The van der Waals surface area contributed by atoms with E-state index in [0.717, 1.165) is 11.3 Å². The zero-order chi connectivity index (χ0) is 14.5. The van der Waals surface area contributed by atoms with Crippen LogP contribution in [0.3, 0.4) is 0 Å². The van der Waals surface area contributed by atoms with Crippen LogP contribution < -0.4 is 5.32 Å². The smallest absolute Gasteiger partial charge is 0.333 e. The highest BCUT2D eigenvalue weighted by molar-refractivity contribution is 7.17. The Morgan fingerprint density at radius 3 is 2.55 bits per heavy atom. The van der Waals surface area contributed by atoms with Crippen molar-refractivity contribution in [2.45, 2.75) is 6.04 Å². The van der Waals surface area contributed by atoms with Gasteiger partial charge in [0.15, 0.2) is 6.04 Å². The van der Waals surface area contributed by atoms with Crippen molar-refractivity contribution in [1.82, 2.24) is 15.5 Å². The topological polar surface area (TPSA) is 81.2 Å². The Morgan fingerprint density at radius 1 is 1.30 bits per heavy atom. The van der Waals surface area contributed by atoms with Crippen LogP contribution in [0.5, 0.6) is 0 Å². The van der Waals surface area contributed by atoms with Crippen LogP contribution in [-0.4, -0.2) is 29.2 Å². The molecule has 1 unspecified atom stereocenters. The lowest BCUT2D eigenvalue weighted by molar-refractivity contribution is -0.143. The number of ether oxygens (including phenoxy) is 1. The van der Waals surface area contributed by atoms with E-state index in [1.54, 1.807) is 24.3 Å². The largest absolute Gasteiger partial charge is 0.467 e. The molecule has 1 amide bonds. The van der Waals surface area contributed by atoms with E-state index in [9.17, 15) is 9.59 Å². The third kappa shape index (κ3) is 3.31. The van der Waals surface area contributed by atoms with E-state index >= 15 is 0 Å². The lowest BCUT2D eigenvalue weighted by Gasteiger charge is -2.15. The maximum absolute atomic E-state index is 12.0. The van der Waals surface area contributed by atoms with Gasteiger partial charge in [-0.05, 0) is 17.2 Å². The molecule has 1 heterocycles. The van der Waals surface area contributed by atoms with E-state index in [4.69, 9.17) is 16.3 Å². The van der Waals surface area contributed by atoms with Crippen LogP contribution in [0.15, 0.2) is 30.3 Å². The molecule has 0 spiro atoms. The third-order valence-electron chi connectivity index (χ3n) is 2.44. The molecule has 2 rings (SSSR count). The van der Waals surface area contributed by atoms with E-state index in [1.165, 1.54) is 7.11 Å². The molecule has 2 aromatic rings. The Bertz CT molecular complexity index is 617. The molecule has 0 radical (unpaired) electrons. The van der Waals surface area contributed by atoms with E-state index in [-0.39, 0.29) is 9.47 Å². The molecular formula is C12H10ClN3O3S. The highest BCUT2D eigenvalue weighted by Gasteiger charge is 2.25. The minimum absolute atomic E-state index is 0.0832. The number of esters is 1. The number of amides is 1. The van der Waals surface area contributed by atoms with Crippen molar-refractivity contribution < 1.29 is 14.3 Å². The first-order valence-corrected chi connectivity index (χ1v) is 6.74. The van der Waals surface area contributed by atoms with Gasteiger partial charge in [-0.15, -0.1) is 10.2 Å². The van der Waals surface area contributed by atoms with Crippen molar-refractivity contribution in [3.8, 4) is 0 Å². The first-order chi connectivity index (χ1) is 9.61. The summed E-state index contributed by atoms with van der Waals surface area (Å²) in [6.45, 7) is 0. The van der Waals surface area contributed by atoms with E-state index in [2.05, 4.69) is 15.5 Å². The van der Waals surface area contributed by atoms with Crippen molar-refractivity contribution in [1.29, 1.82) is 0 Å². The van der Waals surface area contributed by atoms with Crippen LogP contribution in [0.25, 0.3) is 0 Å². The van der Waals surface area contributed by atoms with Gasteiger partial charge in [0, 0.05) is 0 Å². The number of benzene rings is 1. The average Bonchev–Trinajstić information content (AvgIpc) is 2.91. The van der Waals surface area contributed by atoms with Gasteiger partial charge < -0.3 is 10.1 Å². The SMILES string of the molecule is COC(=O)C(NC(=O)c1nnc(Cl)s1)c1ccccc1. The molecular weight excluding hydrogens is 302 g/mol. The van der Waals surface area contributed by atoms with Gasteiger partial charge in [0.05, 0.1) is 7.11 Å². The Labute approximate surface area is 123 Å². The number of carbonyl (C=O) groups excluding carboxylic acids is 2. The summed E-state index contributed by atoms with van der Waals surface area (Å²) in [4.78, 5) is 23.8. The van der Waals surface area contributed by atoms with Crippen molar-refractivity contribution in [2.24, 2.45) is 0 Å². The average molecular weight is 312 g/mol. The van der Waals surface area contributed by atoms with Crippen molar-refractivity contribution in [2.75, 3.05) is 7.11 Å². The molecule has 0 fully saturated rings. The number of methoxy groups -OCH3 is 1. The van der Waals surface area contributed by atoms with Gasteiger partial charge in [-0.3, -0.25) is 4.79 Å². The Kier molecular flexibility index (Phi) is 4.65. The summed E-state index contributed by atoms with van der Waals surface area (Å²) in [6.07, 6.45) is 0. The Morgan fingerprint density at radius 2 is 2.00 bits per heavy atom. The molecule has 8 heteroatoms. The molecule has 0 saturated heterocycles. The normalized spacial score (nSPS) is 11.7. The maximum Gasteiger partial charge on any atom is 0.333 e. The second kappa shape index (κ2) is 6.44. The van der Waals surface area contributed by atoms with Crippen molar-refractivity contribution in [3.05, 3.63) is 45.4 Å². The van der Waals surface area contributed by atoms with Gasteiger partial charge in [0.25, 0.3) is 5.91 Å². The fourth-order valence-corrected chi connectivity index (χ4v) is 2.26. The van der Waals surface area contributed by atoms with Crippen molar-refractivity contribution >= 4 is 34.8 Å². The zero-order valence-electron chi connectivity index (χ0n) is 10.4. The lowest BCUT2D eigenvalue weighted by atomic mass is 10.1. The van der Waals surface area contributed by atoms with Gasteiger partial charge in [-0.25, -0.2) is 4.79 Å². The molecule has 20 heavy (non-hydrogen) atoms. The molecule has 1 atom stereocenters. The van der Waals surface area contributed by atoms with Crippen LogP contribution >= 0.6 is 22.9 Å². The minimum atomic E-state index is -0.906. The monoisotopic (exact) mass is 311 g/mol. The standard InChI is InChI=1S/C12H10ClN3O3S/c1-19-11(18)8(7-5-3-2-4-6-7)14-9(17)10-15-16-12(13)20-10/h2-6,8H,1H3,(H,14,17). The number of aromatic nitrogens is 2. The summed E-state index contributed by atoms with van der Waals surface area (Å²) >= 11 is 6.55. The fraction of sp³-hybridized carbons (Fsp3) is 0.167. The minimum Gasteiger partial charge on any atom is -0.467 e. The molecule has 6 nitrogen and oxygen atoms in total. The van der Waals surface area contributed by atoms with Gasteiger partial charge in [-0.2, -0.15) is 0 Å². The van der Waals surface area contributed by atoms with Crippen molar-refractivity contribution in [3.63, 3.8) is 0 Å². The predicted octanol–water partition coefficient (Wildman–Crippen LogP) is 1.84. The second-order valence-electron chi connectivity index (χ2n) is 3.70. The first kappa shape index (κ1) is 14.4. The highest BCUT2D eigenvalue weighted by atomic mass is 35.5. The quantitative estimate of drug-likeness (QED) is 0.871. The summed E-state index contributed by atoms with van der Waals surface area (Å²) in [5.74, 6) is -1.10. The van der Waals surface area contributed by atoms with Gasteiger partial charge in [-0.1, -0.05) is 41.7 Å². The molecule has 0 aliphatic carbocycles. The molecule has 0 aliphatic rings. The fourth-order valence-electron chi connectivity index (χ4n) is 1.53. The first-order valence-electron chi connectivity index (χ1n) is 5.54. The lowest BCUT2D eigenvalue weighted by Crippen LogP contribution is -2.34. The summed E-state index contributed by atoms with van der Waals surface area (Å²) in [5.41, 5.74) is 0.614. The summed E-state index contributed by atoms with van der Waals surface area (Å²) in [7, 11) is 1.26. The van der Waals surface area contributed by atoms with E-state index < -0.39 is 17.9 Å². The summed E-state index contributed by atoms with van der Waals surface area (Å²) < 4.78 is 4.85. The molecule has 0 aliphatic heterocycles. The molecule has 0 saturated carbocycles. The number of nitrogens with one attached hydrogen (secondary N) is 1. The number of halogens is 1. The Balaban J connectivity index is 2.21. The molecule has 1 N–H and O–H groups in total. The maximum atomic E-state index is 12.0. The molecule has 0 bridgehead atoms. The third-order valence-corrected chi connectivity index (χ3v) is 3.46. The van der Waals surface area contributed by atoms with Crippen LogP contribution in [0.2, 0.25) is 4.47 Å². The number of hydrogen-bond donors (Lipinski definition) is 1. The van der Waals surface area contributed by atoms with Crippen LogP contribution in [0.4, 0.5) is 0 Å². The second-order valence-corrected chi connectivity index (χ2v) is 5.26. The summed E-state index contributed by atoms with van der Waals surface area (Å²) in [5, 5.41) is 9.79. The molecule has 1 aromatic carbocycles. The summed E-state index contributed by atoms with van der Waals surface area (Å²) in [6, 6.07) is 7.86. The van der Waals surface area contributed by atoms with Gasteiger partial charge >= 0.3 is 5.97 Å². The predicted molar refractivity (Wildman–Crippen MR) is 73.6 cm³/mol. The molecule has 1 aromatic heterocycles. The van der Waals surface area contributed by atoms with E-state index in [0.29, 0.717) is 5.56 Å². The van der Waals surface area contributed by atoms with Crippen LogP contribution in [0, 0.1) is 0 Å². The number of hydrogen-bond acceptors (Lipinski definition) is 6. The van der Waals surface area contributed by atoms with Gasteiger partial charge in [0.1, 0.15) is 0 Å². The van der Waals surface area contributed by atoms with Crippen LogP contribution in [-0.2, 0) is 9.53 Å². The zero-order valence-corrected chi connectivity index (χ0v) is 11.9.